The van der Waals surface area contributed by atoms with Gasteiger partial charge in [-0.15, -0.1) is 0 Å². The van der Waals surface area contributed by atoms with Gasteiger partial charge in [0.2, 0.25) is 0 Å². The van der Waals surface area contributed by atoms with E-state index in [1.165, 1.54) is 18.3 Å². The van der Waals surface area contributed by atoms with Crippen molar-refractivity contribution in [3.05, 3.63) is 42.0 Å². The number of pyridine rings is 1. The van der Waals surface area contributed by atoms with E-state index in [-0.39, 0.29) is 11.3 Å². The number of carbonyl (C=O) groups excluding carboxylic acids is 1. The minimum atomic E-state index is -0.490. The molecule has 0 aliphatic heterocycles. The van der Waals surface area contributed by atoms with Crippen LogP contribution < -0.4 is 0 Å². The summed E-state index contributed by atoms with van der Waals surface area (Å²) in [7, 11) is 0. The normalized spacial score (nSPS) is 10.6. The van der Waals surface area contributed by atoms with Gasteiger partial charge in [0.1, 0.15) is 5.82 Å². The Kier molecular flexibility index (Phi) is 3.31. The second kappa shape index (κ2) is 4.50. The summed E-state index contributed by atoms with van der Waals surface area (Å²) in [5, 5.41) is 0. The van der Waals surface area contributed by atoms with Gasteiger partial charge in [-0.1, -0.05) is 13.0 Å². The molecular weight excluding hydrogens is 169 g/mol. The Hall–Kier alpha value is -1.51. The molecule has 0 saturated carbocycles. The highest BCUT2D eigenvalue weighted by Crippen LogP contribution is 2.02. The molecule has 1 heterocycles. The van der Waals surface area contributed by atoms with Crippen LogP contribution in [0.1, 0.15) is 23.7 Å². The van der Waals surface area contributed by atoms with E-state index in [0.717, 1.165) is 12.6 Å². The maximum atomic E-state index is 12.6. The average Bonchev–Trinajstić information content (AvgIpc) is 2.14. The van der Waals surface area contributed by atoms with Crippen molar-refractivity contribution in [3.63, 3.8) is 0 Å². The van der Waals surface area contributed by atoms with Crippen LogP contribution in [0.25, 0.3) is 0 Å². The van der Waals surface area contributed by atoms with Gasteiger partial charge in [0.15, 0.2) is 5.78 Å². The summed E-state index contributed by atoms with van der Waals surface area (Å²) >= 11 is 0. The topological polar surface area (TPSA) is 30.0 Å². The number of aromatic nitrogens is 1. The fourth-order valence-electron chi connectivity index (χ4n) is 0.868. The van der Waals surface area contributed by atoms with Crippen molar-refractivity contribution in [1.82, 2.24) is 4.98 Å². The average molecular weight is 179 g/mol. The zero-order valence-electron chi connectivity index (χ0n) is 7.33. The number of halogens is 1. The van der Waals surface area contributed by atoms with E-state index in [1.807, 2.05) is 6.92 Å². The molecule has 0 amide bonds. The van der Waals surface area contributed by atoms with Gasteiger partial charge in [-0.25, -0.2) is 4.39 Å². The number of hydrogen-bond acceptors (Lipinski definition) is 2. The molecule has 0 aromatic carbocycles. The fraction of sp³-hybridized carbons (Fsp3) is 0.200. The molecule has 3 heteroatoms. The zero-order chi connectivity index (χ0) is 9.68. The van der Waals surface area contributed by atoms with E-state index < -0.39 is 5.82 Å². The Morgan fingerprint density at radius 2 is 2.38 bits per heavy atom. The summed E-state index contributed by atoms with van der Waals surface area (Å²) in [5.41, 5.74) is 0.282. The molecule has 0 aliphatic carbocycles. The predicted octanol–water partition coefficient (Wildman–Crippen LogP) is 2.37. The number of ketones is 1. The summed E-state index contributed by atoms with van der Waals surface area (Å²) in [6.07, 6.45) is 6.36. The number of carbonyl (C=O) groups is 1. The quantitative estimate of drug-likeness (QED) is 0.526. The van der Waals surface area contributed by atoms with Gasteiger partial charge in [0, 0.05) is 11.8 Å². The van der Waals surface area contributed by atoms with Crippen molar-refractivity contribution in [2.24, 2.45) is 0 Å². The maximum absolute atomic E-state index is 12.6. The Morgan fingerprint density at radius 3 is 3.00 bits per heavy atom. The first-order chi connectivity index (χ1) is 6.24. The highest BCUT2D eigenvalue weighted by atomic mass is 19.1. The van der Waals surface area contributed by atoms with E-state index in [9.17, 15) is 9.18 Å². The number of rotatable bonds is 3. The lowest BCUT2D eigenvalue weighted by Crippen LogP contribution is -1.95. The van der Waals surface area contributed by atoms with Crippen LogP contribution in [0.4, 0.5) is 4.39 Å². The van der Waals surface area contributed by atoms with Gasteiger partial charge in [-0.2, -0.15) is 0 Å². The number of hydrogen-bond donors (Lipinski definition) is 0. The molecule has 0 saturated heterocycles. The Morgan fingerprint density at radius 1 is 1.62 bits per heavy atom. The molecule has 0 radical (unpaired) electrons. The zero-order valence-corrected chi connectivity index (χ0v) is 7.33. The highest BCUT2D eigenvalue weighted by Gasteiger charge is 2.02. The van der Waals surface area contributed by atoms with Crippen LogP contribution in [0.2, 0.25) is 0 Å². The molecule has 0 unspecified atom stereocenters. The third kappa shape index (κ3) is 2.78. The van der Waals surface area contributed by atoms with Gasteiger partial charge >= 0.3 is 0 Å². The highest BCUT2D eigenvalue weighted by molar-refractivity contribution is 6.04. The van der Waals surface area contributed by atoms with Crippen molar-refractivity contribution < 1.29 is 9.18 Å². The van der Waals surface area contributed by atoms with Crippen LogP contribution in [0, 0.1) is 5.82 Å². The monoisotopic (exact) mass is 179 g/mol. The predicted molar refractivity (Wildman–Crippen MR) is 48.0 cm³/mol. The molecule has 0 fully saturated rings. The van der Waals surface area contributed by atoms with Crippen LogP contribution in [0.5, 0.6) is 0 Å². The fourth-order valence-corrected chi connectivity index (χ4v) is 0.868. The lowest BCUT2D eigenvalue weighted by Gasteiger charge is -1.93. The lowest BCUT2D eigenvalue weighted by atomic mass is 10.2. The molecule has 0 atom stereocenters. The summed E-state index contributed by atoms with van der Waals surface area (Å²) in [6, 6.07) is 1.18. The smallest absolute Gasteiger partial charge is 0.187 e. The SMILES string of the molecule is CC/C=C/C(=O)c1cncc(F)c1. The van der Waals surface area contributed by atoms with E-state index >= 15 is 0 Å². The molecule has 0 spiro atoms. The van der Waals surface area contributed by atoms with Crippen LogP contribution in [0.3, 0.4) is 0 Å². The van der Waals surface area contributed by atoms with E-state index in [2.05, 4.69) is 4.98 Å². The number of nitrogens with zero attached hydrogens (tertiary/aromatic N) is 1. The Labute approximate surface area is 76.1 Å². The minimum Gasteiger partial charge on any atom is -0.289 e. The van der Waals surface area contributed by atoms with Crippen molar-refractivity contribution in [2.45, 2.75) is 13.3 Å². The second-order valence-electron chi connectivity index (χ2n) is 2.57. The molecule has 1 rings (SSSR count). The van der Waals surface area contributed by atoms with Gasteiger partial charge in [0.25, 0.3) is 0 Å². The third-order valence-electron chi connectivity index (χ3n) is 1.49. The van der Waals surface area contributed by atoms with Gasteiger partial charge in [0.05, 0.1) is 6.20 Å². The maximum Gasteiger partial charge on any atom is 0.187 e. The van der Waals surface area contributed by atoms with E-state index in [1.54, 1.807) is 6.08 Å². The molecular formula is C10H10FNO. The second-order valence-corrected chi connectivity index (χ2v) is 2.57. The van der Waals surface area contributed by atoms with Crippen molar-refractivity contribution in [3.8, 4) is 0 Å². The molecule has 1 aromatic rings. The Bertz CT molecular complexity index is 333. The number of allylic oxidation sites excluding steroid dienone is 2. The van der Waals surface area contributed by atoms with Crippen LogP contribution >= 0.6 is 0 Å². The first-order valence-electron chi connectivity index (χ1n) is 4.05. The van der Waals surface area contributed by atoms with E-state index in [0.29, 0.717) is 0 Å². The van der Waals surface area contributed by atoms with Crippen molar-refractivity contribution in [2.75, 3.05) is 0 Å². The van der Waals surface area contributed by atoms with Gasteiger partial charge in [-0.05, 0) is 18.6 Å². The minimum absolute atomic E-state index is 0.214. The molecule has 2 nitrogen and oxygen atoms in total. The standard InChI is InChI=1S/C10H10FNO/c1-2-3-4-10(13)8-5-9(11)7-12-6-8/h3-7H,2H2,1H3/b4-3+. The molecule has 68 valence electrons. The molecule has 0 N–H and O–H groups in total. The van der Waals surface area contributed by atoms with Crippen molar-refractivity contribution in [1.29, 1.82) is 0 Å². The molecule has 1 aromatic heterocycles. The largest absolute Gasteiger partial charge is 0.289 e. The summed E-state index contributed by atoms with van der Waals surface area (Å²) < 4.78 is 12.6. The van der Waals surface area contributed by atoms with Gasteiger partial charge < -0.3 is 0 Å². The van der Waals surface area contributed by atoms with Crippen LogP contribution in [0.15, 0.2) is 30.6 Å². The Balaban J connectivity index is 2.83. The van der Waals surface area contributed by atoms with Crippen molar-refractivity contribution >= 4 is 5.78 Å². The lowest BCUT2D eigenvalue weighted by molar-refractivity contribution is 0.104. The first kappa shape index (κ1) is 9.58. The summed E-state index contributed by atoms with van der Waals surface area (Å²) in [5.74, 6) is -0.704. The van der Waals surface area contributed by atoms with E-state index in [4.69, 9.17) is 0 Å². The van der Waals surface area contributed by atoms with Crippen LogP contribution in [-0.2, 0) is 0 Å². The molecule has 13 heavy (non-hydrogen) atoms. The van der Waals surface area contributed by atoms with Gasteiger partial charge in [-0.3, -0.25) is 9.78 Å². The molecule has 0 bridgehead atoms. The van der Waals surface area contributed by atoms with Crippen LogP contribution in [-0.4, -0.2) is 10.8 Å². The summed E-state index contributed by atoms with van der Waals surface area (Å²) in [6.45, 7) is 1.92. The third-order valence-corrected chi connectivity index (χ3v) is 1.49. The summed E-state index contributed by atoms with van der Waals surface area (Å²) in [4.78, 5) is 14.8. The first-order valence-corrected chi connectivity index (χ1v) is 4.05. The molecule has 0 aliphatic rings.